The first kappa shape index (κ1) is 21.6. The number of fused-ring (bicyclic) bond motifs is 1. The van der Waals surface area contributed by atoms with Gasteiger partial charge in [-0.15, -0.1) is 12.4 Å². The summed E-state index contributed by atoms with van der Waals surface area (Å²) in [5.41, 5.74) is 3.00. The fraction of sp³-hybridized carbons (Fsp3) is 0.381. The molecule has 8 heteroatoms. The maximum Gasteiger partial charge on any atom is 0.261 e. The molecular weight excluding hydrogens is 410 g/mol. The summed E-state index contributed by atoms with van der Waals surface area (Å²) in [7, 11) is -3.66. The summed E-state index contributed by atoms with van der Waals surface area (Å²) in [5, 5.41) is 3.37. The third-order valence-electron chi connectivity index (χ3n) is 5.85. The minimum Gasteiger partial charge on any atom is -0.338 e. The smallest absolute Gasteiger partial charge is 0.261 e. The van der Waals surface area contributed by atoms with Gasteiger partial charge in [-0.05, 0) is 73.2 Å². The van der Waals surface area contributed by atoms with Crippen LogP contribution < -0.4 is 10.0 Å². The Hall–Kier alpha value is -2.09. The Morgan fingerprint density at radius 2 is 1.62 bits per heavy atom. The zero-order valence-electron chi connectivity index (χ0n) is 16.5. The Bertz CT molecular complexity index is 996. The number of likely N-dealkylation sites (tertiary alicyclic amines) is 1. The van der Waals surface area contributed by atoms with E-state index in [1.165, 1.54) is 0 Å². The minimum atomic E-state index is -3.66. The lowest BCUT2D eigenvalue weighted by Gasteiger charge is -2.18. The average Bonchev–Trinajstić information content (AvgIpc) is 3.25. The van der Waals surface area contributed by atoms with Crippen LogP contribution in [0.15, 0.2) is 47.4 Å². The summed E-state index contributed by atoms with van der Waals surface area (Å²) in [6.07, 6.45) is 0. The molecule has 0 spiro atoms. The van der Waals surface area contributed by atoms with E-state index in [1.54, 1.807) is 42.5 Å². The predicted molar refractivity (Wildman–Crippen MR) is 116 cm³/mol. The van der Waals surface area contributed by atoms with Crippen molar-refractivity contribution in [1.82, 2.24) is 10.2 Å². The molecule has 0 aromatic heterocycles. The predicted octanol–water partition coefficient (Wildman–Crippen LogP) is 2.82. The molecule has 0 bridgehead atoms. The van der Waals surface area contributed by atoms with Crippen molar-refractivity contribution in [2.45, 2.75) is 18.7 Å². The molecule has 2 saturated heterocycles. The highest BCUT2D eigenvalue weighted by molar-refractivity contribution is 7.92. The number of hydrogen-bond donors (Lipinski definition) is 2. The van der Waals surface area contributed by atoms with Crippen LogP contribution in [-0.2, 0) is 10.0 Å². The highest BCUT2D eigenvalue weighted by Crippen LogP contribution is 2.28. The van der Waals surface area contributed by atoms with E-state index in [0.717, 1.165) is 37.3 Å². The van der Waals surface area contributed by atoms with Crippen LogP contribution in [0.3, 0.4) is 0 Å². The van der Waals surface area contributed by atoms with Gasteiger partial charge in [-0.25, -0.2) is 8.42 Å². The van der Waals surface area contributed by atoms with Gasteiger partial charge in [-0.2, -0.15) is 0 Å². The van der Waals surface area contributed by atoms with Crippen LogP contribution in [0.2, 0.25) is 0 Å². The van der Waals surface area contributed by atoms with E-state index in [1.807, 2.05) is 18.7 Å². The molecule has 0 aliphatic carbocycles. The second-order valence-corrected chi connectivity index (χ2v) is 9.50. The van der Waals surface area contributed by atoms with Gasteiger partial charge in [-0.1, -0.05) is 6.07 Å². The standard InChI is InChI=1S/C21H25N3O3S.ClH/c1-14-3-8-20(9-15(14)2)28(26,27)23-19-6-4-16(5-7-19)21(25)24-12-17-10-22-11-18(17)13-24;/h3-9,17-18,22-23H,10-13H2,1-2H3;1H/t17-,18+;. The molecule has 29 heavy (non-hydrogen) atoms. The van der Waals surface area contributed by atoms with Gasteiger partial charge in [0.2, 0.25) is 0 Å². The highest BCUT2D eigenvalue weighted by Gasteiger charge is 2.38. The molecule has 2 aromatic rings. The van der Waals surface area contributed by atoms with Gasteiger partial charge in [0.05, 0.1) is 4.90 Å². The van der Waals surface area contributed by atoms with Gasteiger partial charge in [0, 0.05) is 37.4 Å². The van der Waals surface area contributed by atoms with Gasteiger partial charge in [-0.3, -0.25) is 9.52 Å². The van der Waals surface area contributed by atoms with Crippen LogP contribution in [-0.4, -0.2) is 45.4 Å². The monoisotopic (exact) mass is 435 g/mol. The molecular formula is C21H26ClN3O3S. The number of hydrogen-bond acceptors (Lipinski definition) is 4. The van der Waals surface area contributed by atoms with Crippen molar-refractivity contribution in [2.75, 3.05) is 30.9 Å². The van der Waals surface area contributed by atoms with Crippen LogP contribution >= 0.6 is 12.4 Å². The third kappa shape index (κ3) is 4.42. The lowest BCUT2D eigenvalue weighted by molar-refractivity contribution is 0.0781. The van der Waals surface area contributed by atoms with E-state index in [-0.39, 0.29) is 23.2 Å². The summed E-state index contributed by atoms with van der Waals surface area (Å²) in [6.45, 7) is 7.37. The SMILES string of the molecule is Cc1ccc(S(=O)(=O)Nc2ccc(C(=O)N3C[C@H]4CNC[C@H]4C3)cc2)cc1C.Cl. The summed E-state index contributed by atoms with van der Waals surface area (Å²) in [5.74, 6) is 1.11. The maximum absolute atomic E-state index is 12.7. The van der Waals surface area contributed by atoms with Crippen LogP contribution in [0.5, 0.6) is 0 Å². The quantitative estimate of drug-likeness (QED) is 0.774. The van der Waals surface area contributed by atoms with Gasteiger partial charge in [0.15, 0.2) is 0 Å². The van der Waals surface area contributed by atoms with E-state index in [0.29, 0.717) is 23.1 Å². The molecule has 1 amide bonds. The Morgan fingerprint density at radius 3 is 2.21 bits per heavy atom. The normalized spacial score (nSPS) is 20.8. The lowest BCUT2D eigenvalue weighted by atomic mass is 10.0. The maximum atomic E-state index is 12.7. The van der Waals surface area contributed by atoms with Crippen molar-refractivity contribution in [1.29, 1.82) is 0 Å². The van der Waals surface area contributed by atoms with Crippen LogP contribution in [0.4, 0.5) is 5.69 Å². The van der Waals surface area contributed by atoms with Gasteiger partial charge >= 0.3 is 0 Å². The van der Waals surface area contributed by atoms with Crippen molar-refractivity contribution in [3.63, 3.8) is 0 Å². The topological polar surface area (TPSA) is 78.5 Å². The van der Waals surface area contributed by atoms with Crippen molar-refractivity contribution in [2.24, 2.45) is 11.8 Å². The number of nitrogens with zero attached hydrogens (tertiary/aromatic N) is 1. The molecule has 4 rings (SSSR count). The number of anilines is 1. The van der Waals surface area contributed by atoms with Gasteiger partial charge in [0.1, 0.15) is 0 Å². The summed E-state index contributed by atoms with van der Waals surface area (Å²) in [6, 6.07) is 11.7. The molecule has 6 nitrogen and oxygen atoms in total. The Labute approximate surface area is 178 Å². The second-order valence-electron chi connectivity index (χ2n) is 7.82. The van der Waals surface area contributed by atoms with Crippen LogP contribution in [0.1, 0.15) is 21.5 Å². The Morgan fingerprint density at radius 1 is 1.00 bits per heavy atom. The first-order valence-corrected chi connectivity index (χ1v) is 11.0. The second kappa shape index (κ2) is 8.34. The molecule has 0 unspecified atom stereocenters. The number of aryl methyl sites for hydroxylation is 2. The van der Waals surface area contributed by atoms with Gasteiger partial charge < -0.3 is 10.2 Å². The molecule has 2 fully saturated rings. The molecule has 2 aliphatic heterocycles. The lowest BCUT2D eigenvalue weighted by Crippen LogP contribution is -2.31. The molecule has 156 valence electrons. The molecule has 2 N–H and O–H groups in total. The Balaban J connectivity index is 0.00000240. The number of carbonyl (C=O) groups excluding carboxylic acids is 1. The van der Waals surface area contributed by atoms with E-state index in [4.69, 9.17) is 0 Å². The average molecular weight is 436 g/mol. The number of carbonyl (C=O) groups is 1. The van der Waals surface area contributed by atoms with Crippen LogP contribution in [0.25, 0.3) is 0 Å². The Kier molecular flexibility index (Phi) is 6.22. The molecule has 2 aromatic carbocycles. The van der Waals surface area contributed by atoms with E-state index >= 15 is 0 Å². The summed E-state index contributed by atoms with van der Waals surface area (Å²) < 4.78 is 27.8. The minimum absolute atomic E-state index is 0. The first-order chi connectivity index (χ1) is 13.3. The van der Waals surface area contributed by atoms with Crippen molar-refractivity contribution < 1.29 is 13.2 Å². The number of sulfonamides is 1. The van der Waals surface area contributed by atoms with Crippen molar-refractivity contribution in [3.8, 4) is 0 Å². The first-order valence-electron chi connectivity index (χ1n) is 9.53. The summed E-state index contributed by atoms with van der Waals surface area (Å²) in [4.78, 5) is 14.9. The number of nitrogens with one attached hydrogen (secondary N) is 2. The molecule has 2 aliphatic rings. The highest BCUT2D eigenvalue weighted by atomic mass is 35.5. The zero-order valence-corrected chi connectivity index (χ0v) is 18.1. The molecule has 2 atom stereocenters. The van der Waals surface area contributed by atoms with E-state index < -0.39 is 10.0 Å². The number of rotatable bonds is 4. The summed E-state index contributed by atoms with van der Waals surface area (Å²) >= 11 is 0. The fourth-order valence-corrected chi connectivity index (χ4v) is 5.12. The number of benzene rings is 2. The third-order valence-corrected chi connectivity index (χ3v) is 7.23. The molecule has 0 saturated carbocycles. The van der Waals surface area contributed by atoms with E-state index in [9.17, 15) is 13.2 Å². The number of halogens is 1. The van der Waals surface area contributed by atoms with Crippen molar-refractivity contribution >= 4 is 34.0 Å². The van der Waals surface area contributed by atoms with Gasteiger partial charge in [0.25, 0.3) is 15.9 Å². The zero-order chi connectivity index (χ0) is 19.9. The molecule has 2 heterocycles. The number of amides is 1. The van der Waals surface area contributed by atoms with Crippen LogP contribution in [0, 0.1) is 25.7 Å². The van der Waals surface area contributed by atoms with Crippen molar-refractivity contribution in [3.05, 3.63) is 59.2 Å². The van der Waals surface area contributed by atoms with E-state index in [2.05, 4.69) is 10.0 Å². The largest absolute Gasteiger partial charge is 0.338 e. The molecule has 0 radical (unpaired) electrons. The fourth-order valence-electron chi connectivity index (χ4n) is 3.98.